The Balaban J connectivity index is 2.85. The van der Waals surface area contributed by atoms with Crippen LogP contribution in [-0.2, 0) is 0 Å². The summed E-state index contributed by atoms with van der Waals surface area (Å²) in [6.45, 7) is 6.70. The standard InChI is InChI=1S/C10H16/c1-4-10-7-5-6-8(2)9(10)3/h6H,4-5,7H2,1-3H3. The van der Waals surface area contributed by atoms with Gasteiger partial charge < -0.3 is 0 Å². The molecule has 0 heteroatoms. The first-order valence-corrected chi connectivity index (χ1v) is 4.11. The molecule has 0 atom stereocenters. The molecule has 1 aliphatic carbocycles. The van der Waals surface area contributed by atoms with Crippen LogP contribution in [-0.4, -0.2) is 0 Å². The van der Waals surface area contributed by atoms with Gasteiger partial charge in [-0.2, -0.15) is 0 Å². The van der Waals surface area contributed by atoms with Crippen LogP contribution in [0.5, 0.6) is 0 Å². The first-order valence-electron chi connectivity index (χ1n) is 4.11. The van der Waals surface area contributed by atoms with Gasteiger partial charge in [-0.1, -0.05) is 24.1 Å². The summed E-state index contributed by atoms with van der Waals surface area (Å²) in [5.41, 5.74) is 4.68. The predicted octanol–water partition coefficient (Wildman–Crippen LogP) is 3.45. The molecular weight excluding hydrogens is 120 g/mol. The molecule has 0 N–H and O–H groups in total. The summed E-state index contributed by atoms with van der Waals surface area (Å²) in [5, 5.41) is 0. The Hall–Kier alpha value is -0.520. The molecule has 0 spiro atoms. The fourth-order valence-corrected chi connectivity index (χ4v) is 1.52. The summed E-state index contributed by atoms with van der Waals surface area (Å²) in [4.78, 5) is 0. The molecule has 0 saturated carbocycles. The first kappa shape index (κ1) is 7.59. The van der Waals surface area contributed by atoms with Crippen molar-refractivity contribution >= 4 is 0 Å². The molecular formula is C10H16. The molecule has 0 aromatic rings. The van der Waals surface area contributed by atoms with Crippen LogP contribution in [0.25, 0.3) is 0 Å². The van der Waals surface area contributed by atoms with Crippen LogP contribution in [0.15, 0.2) is 22.8 Å². The zero-order valence-corrected chi connectivity index (χ0v) is 7.20. The SMILES string of the molecule is CCC1=C(C)C(C)=CCC1. The lowest BCUT2D eigenvalue weighted by Crippen LogP contribution is -1.95. The number of rotatable bonds is 1. The molecule has 10 heavy (non-hydrogen) atoms. The van der Waals surface area contributed by atoms with Gasteiger partial charge in [-0.15, -0.1) is 0 Å². The maximum absolute atomic E-state index is 2.34. The Morgan fingerprint density at radius 3 is 2.60 bits per heavy atom. The molecule has 56 valence electrons. The second-order valence-electron chi connectivity index (χ2n) is 3.01. The van der Waals surface area contributed by atoms with E-state index in [2.05, 4.69) is 26.8 Å². The Labute approximate surface area is 63.6 Å². The summed E-state index contributed by atoms with van der Waals surface area (Å²) in [6, 6.07) is 0. The highest BCUT2D eigenvalue weighted by Gasteiger charge is 2.05. The zero-order chi connectivity index (χ0) is 7.56. The van der Waals surface area contributed by atoms with Crippen molar-refractivity contribution in [1.29, 1.82) is 0 Å². The van der Waals surface area contributed by atoms with Crippen LogP contribution in [0.4, 0.5) is 0 Å². The van der Waals surface area contributed by atoms with Gasteiger partial charge in [-0.25, -0.2) is 0 Å². The lowest BCUT2D eigenvalue weighted by Gasteiger charge is -2.15. The van der Waals surface area contributed by atoms with Crippen molar-refractivity contribution < 1.29 is 0 Å². The molecule has 0 aromatic carbocycles. The number of hydrogen-bond acceptors (Lipinski definition) is 0. The second kappa shape index (κ2) is 3.05. The van der Waals surface area contributed by atoms with E-state index in [4.69, 9.17) is 0 Å². The lowest BCUT2D eigenvalue weighted by molar-refractivity contribution is 0.859. The molecule has 0 nitrogen and oxygen atoms in total. The fraction of sp³-hybridized carbons (Fsp3) is 0.600. The van der Waals surface area contributed by atoms with Crippen LogP contribution >= 0.6 is 0 Å². The minimum absolute atomic E-state index is 1.23. The van der Waals surface area contributed by atoms with Gasteiger partial charge in [0, 0.05) is 0 Å². The third-order valence-electron chi connectivity index (χ3n) is 2.45. The van der Waals surface area contributed by atoms with E-state index < -0.39 is 0 Å². The van der Waals surface area contributed by atoms with Crippen molar-refractivity contribution in [3.63, 3.8) is 0 Å². The minimum atomic E-state index is 1.23. The Morgan fingerprint density at radius 2 is 2.10 bits per heavy atom. The maximum Gasteiger partial charge on any atom is -0.0280 e. The molecule has 0 radical (unpaired) electrons. The van der Waals surface area contributed by atoms with E-state index in [1.807, 2.05) is 0 Å². The van der Waals surface area contributed by atoms with Gasteiger partial charge in [0.1, 0.15) is 0 Å². The molecule has 0 bridgehead atoms. The third-order valence-corrected chi connectivity index (χ3v) is 2.45. The van der Waals surface area contributed by atoms with Gasteiger partial charge in [0.15, 0.2) is 0 Å². The van der Waals surface area contributed by atoms with E-state index in [0.717, 1.165) is 0 Å². The summed E-state index contributed by atoms with van der Waals surface area (Å²) in [7, 11) is 0. The van der Waals surface area contributed by atoms with Gasteiger partial charge in [-0.3, -0.25) is 0 Å². The van der Waals surface area contributed by atoms with Crippen LogP contribution in [0.3, 0.4) is 0 Å². The lowest BCUT2D eigenvalue weighted by atomic mass is 9.91. The predicted molar refractivity (Wildman–Crippen MR) is 46.0 cm³/mol. The van der Waals surface area contributed by atoms with Crippen molar-refractivity contribution in [3.05, 3.63) is 22.8 Å². The molecule has 0 fully saturated rings. The van der Waals surface area contributed by atoms with Crippen molar-refractivity contribution in [3.8, 4) is 0 Å². The highest BCUT2D eigenvalue weighted by molar-refractivity contribution is 5.35. The molecule has 0 saturated heterocycles. The highest BCUT2D eigenvalue weighted by atomic mass is 14.1. The first-order chi connectivity index (χ1) is 4.75. The Morgan fingerprint density at radius 1 is 1.40 bits per heavy atom. The van der Waals surface area contributed by atoms with E-state index in [0.29, 0.717) is 0 Å². The molecule has 0 unspecified atom stereocenters. The average molecular weight is 136 g/mol. The zero-order valence-electron chi connectivity index (χ0n) is 7.20. The quantitative estimate of drug-likeness (QED) is 0.518. The molecule has 1 rings (SSSR count). The van der Waals surface area contributed by atoms with Crippen molar-refractivity contribution in [2.24, 2.45) is 0 Å². The molecule has 0 aliphatic heterocycles. The van der Waals surface area contributed by atoms with E-state index >= 15 is 0 Å². The van der Waals surface area contributed by atoms with Gasteiger partial charge in [0.25, 0.3) is 0 Å². The van der Waals surface area contributed by atoms with Crippen molar-refractivity contribution in [2.75, 3.05) is 0 Å². The number of hydrogen-bond donors (Lipinski definition) is 0. The fourth-order valence-electron chi connectivity index (χ4n) is 1.52. The normalized spacial score (nSPS) is 19.3. The van der Waals surface area contributed by atoms with Gasteiger partial charge in [0.05, 0.1) is 0 Å². The molecule has 0 aromatic heterocycles. The van der Waals surface area contributed by atoms with Crippen LogP contribution in [0, 0.1) is 0 Å². The molecule has 0 heterocycles. The van der Waals surface area contributed by atoms with E-state index in [9.17, 15) is 0 Å². The van der Waals surface area contributed by atoms with E-state index in [1.54, 1.807) is 5.57 Å². The largest absolute Gasteiger partial charge is 0.0810 e. The topological polar surface area (TPSA) is 0 Å². The number of allylic oxidation sites excluding steroid dienone is 4. The summed E-state index contributed by atoms with van der Waals surface area (Å²) >= 11 is 0. The Bertz CT molecular complexity index is 182. The minimum Gasteiger partial charge on any atom is -0.0810 e. The molecule has 0 amide bonds. The monoisotopic (exact) mass is 136 g/mol. The smallest absolute Gasteiger partial charge is 0.0280 e. The summed E-state index contributed by atoms with van der Waals surface area (Å²) < 4.78 is 0. The Kier molecular flexibility index (Phi) is 2.31. The summed E-state index contributed by atoms with van der Waals surface area (Å²) in [5.74, 6) is 0. The maximum atomic E-state index is 2.34. The highest BCUT2D eigenvalue weighted by Crippen LogP contribution is 2.25. The third kappa shape index (κ3) is 1.31. The van der Waals surface area contributed by atoms with Gasteiger partial charge in [-0.05, 0) is 38.7 Å². The van der Waals surface area contributed by atoms with E-state index in [-0.39, 0.29) is 0 Å². The summed E-state index contributed by atoms with van der Waals surface area (Å²) in [6.07, 6.45) is 6.12. The van der Waals surface area contributed by atoms with Crippen LogP contribution in [0.1, 0.15) is 40.0 Å². The molecule has 1 aliphatic rings. The van der Waals surface area contributed by atoms with Crippen molar-refractivity contribution in [1.82, 2.24) is 0 Å². The van der Waals surface area contributed by atoms with E-state index in [1.165, 1.54) is 30.4 Å². The van der Waals surface area contributed by atoms with Crippen LogP contribution < -0.4 is 0 Å². The van der Waals surface area contributed by atoms with Gasteiger partial charge in [0.2, 0.25) is 0 Å². The van der Waals surface area contributed by atoms with Crippen molar-refractivity contribution in [2.45, 2.75) is 40.0 Å². The van der Waals surface area contributed by atoms with Crippen LogP contribution in [0.2, 0.25) is 0 Å². The second-order valence-corrected chi connectivity index (χ2v) is 3.01. The van der Waals surface area contributed by atoms with Gasteiger partial charge >= 0.3 is 0 Å². The average Bonchev–Trinajstić information content (AvgIpc) is 1.95.